The molecule has 0 atom stereocenters. The van der Waals surface area contributed by atoms with Crippen molar-refractivity contribution in [3.05, 3.63) is 71.8 Å². The van der Waals surface area contributed by atoms with Crippen molar-refractivity contribution in [2.24, 2.45) is 5.92 Å². The number of anilines is 2. The third kappa shape index (κ3) is 4.61. The largest absolute Gasteiger partial charge is 0.465 e. The summed E-state index contributed by atoms with van der Waals surface area (Å²) in [6.45, 7) is 3.49. The molecule has 0 bridgehead atoms. The van der Waals surface area contributed by atoms with Gasteiger partial charge in [-0.25, -0.2) is 4.79 Å². The van der Waals surface area contributed by atoms with Gasteiger partial charge in [-0.3, -0.25) is 4.79 Å². The van der Waals surface area contributed by atoms with E-state index in [2.05, 4.69) is 33.4 Å². The predicted octanol–water partition coefficient (Wildman–Crippen LogP) is 4.09. The van der Waals surface area contributed by atoms with Crippen LogP contribution in [0.3, 0.4) is 0 Å². The molecule has 164 valence electrons. The van der Waals surface area contributed by atoms with Gasteiger partial charge in [0.15, 0.2) is 5.82 Å². The van der Waals surface area contributed by atoms with E-state index in [1.807, 2.05) is 30.3 Å². The maximum absolute atomic E-state index is 12.8. The lowest BCUT2D eigenvalue weighted by molar-refractivity contribution is -0.120. The number of methoxy groups -OCH3 is 1. The average molecular weight is 431 g/mol. The number of aryl methyl sites for hydroxylation is 1. The summed E-state index contributed by atoms with van der Waals surface area (Å²) in [6, 6.07) is 19.0. The summed E-state index contributed by atoms with van der Waals surface area (Å²) in [5, 5.41) is 11.7. The minimum Gasteiger partial charge on any atom is -0.465 e. The van der Waals surface area contributed by atoms with E-state index in [1.165, 1.54) is 7.11 Å². The lowest BCUT2D eigenvalue weighted by atomic mass is 9.95. The standard InChI is InChI=1S/C25H26N4O3/c1-17-7-3-4-8-19(17)22-11-12-23(28-27-22)29-15-13-18(14-16-29)24(30)26-21-10-6-5-9-20(21)25(31)32-2/h3-12,18H,13-16H2,1-2H3,(H,26,30). The first-order chi connectivity index (χ1) is 15.6. The topological polar surface area (TPSA) is 84.4 Å². The molecule has 1 aliphatic heterocycles. The monoisotopic (exact) mass is 430 g/mol. The molecular formula is C25H26N4O3. The Morgan fingerprint density at radius 1 is 0.969 bits per heavy atom. The SMILES string of the molecule is COC(=O)c1ccccc1NC(=O)C1CCN(c2ccc(-c3ccccc3C)nn2)CC1. The highest BCUT2D eigenvalue weighted by atomic mass is 16.5. The minimum atomic E-state index is -0.469. The number of nitrogens with zero attached hydrogens (tertiary/aromatic N) is 3. The Kier molecular flexibility index (Phi) is 6.44. The van der Waals surface area contributed by atoms with Gasteiger partial charge in [0.1, 0.15) is 0 Å². The van der Waals surface area contributed by atoms with E-state index in [4.69, 9.17) is 4.74 Å². The number of hydrogen-bond donors (Lipinski definition) is 1. The van der Waals surface area contributed by atoms with Crippen LogP contribution >= 0.6 is 0 Å². The number of nitrogens with one attached hydrogen (secondary N) is 1. The van der Waals surface area contributed by atoms with E-state index in [9.17, 15) is 9.59 Å². The number of rotatable bonds is 5. The summed E-state index contributed by atoms with van der Waals surface area (Å²) in [5.41, 5.74) is 3.92. The minimum absolute atomic E-state index is 0.0815. The number of carbonyl (C=O) groups is 2. The van der Waals surface area contributed by atoms with Crippen LogP contribution in [0.2, 0.25) is 0 Å². The number of para-hydroxylation sites is 1. The van der Waals surface area contributed by atoms with Crippen molar-refractivity contribution >= 4 is 23.4 Å². The third-order valence-electron chi connectivity index (χ3n) is 5.85. The highest BCUT2D eigenvalue weighted by molar-refractivity contribution is 6.01. The highest BCUT2D eigenvalue weighted by Gasteiger charge is 2.27. The fourth-order valence-electron chi connectivity index (χ4n) is 3.98. The van der Waals surface area contributed by atoms with Gasteiger partial charge in [-0.1, -0.05) is 36.4 Å². The number of amides is 1. The van der Waals surface area contributed by atoms with Crippen LogP contribution in [0.1, 0.15) is 28.8 Å². The molecule has 2 heterocycles. The zero-order valence-corrected chi connectivity index (χ0v) is 18.2. The number of aromatic nitrogens is 2. The summed E-state index contributed by atoms with van der Waals surface area (Å²) in [4.78, 5) is 26.9. The molecule has 3 aromatic rings. The molecule has 0 spiro atoms. The average Bonchev–Trinajstić information content (AvgIpc) is 2.84. The Morgan fingerprint density at radius 2 is 1.69 bits per heavy atom. The van der Waals surface area contributed by atoms with E-state index in [1.54, 1.807) is 24.3 Å². The van der Waals surface area contributed by atoms with Crippen molar-refractivity contribution in [1.29, 1.82) is 0 Å². The van der Waals surface area contributed by atoms with Gasteiger partial charge < -0.3 is 15.0 Å². The van der Waals surface area contributed by atoms with Gasteiger partial charge in [0, 0.05) is 24.6 Å². The molecule has 1 aliphatic rings. The molecule has 1 aromatic heterocycles. The van der Waals surface area contributed by atoms with Gasteiger partial charge in [0.25, 0.3) is 0 Å². The Balaban J connectivity index is 1.37. The van der Waals surface area contributed by atoms with Gasteiger partial charge in [0.05, 0.1) is 24.1 Å². The number of esters is 1. The Morgan fingerprint density at radius 3 is 2.38 bits per heavy atom. The normalized spacial score (nSPS) is 14.1. The molecule has 0 saturated carbocycles. The fourth-order valence-corrected chi connectivity index (χ4v) is 3.98. The first-order valence-corrected chi connectivity index (χ1v) is 10.7. The second-order valence-corrected chi connectivity index (χ2v) is 7.88. The summed E-state index contributed by atoms with van der Waals surface area (Å²) in [7, 11) is 1.33. The van der Waals surface area contributed by atoms with Crippen molar-refractivity contribution in [1.82, 2.24) is 10.2 Å². The van der Waals surface area contributed by atoms with Crippen LogP contribution in [0, 0.1) is 12.8 Å². The summed E-state index contributed by atoms with van der Waals surface area (Å²) >= 11 is 0. The molecule has 0 unspecified atom stereocenters. The summed E-state index contributed by atoms with van der Waals surface area (Å²) in [5.74, 6) is 0.138. The zero-order valence-electron chi connectivity index (χ0n) is 18.2. The van der Waals surface area contributed by atoms with Crippen LogP contribution in [-0.4, -0.2) is 42.3 Å². The van der Waals surface area contributed by atoms with E-state index in [0.29, 0.717) is 24.1 Å². The Labute approximate surface area is 187 Å². The molecule has 1 fully saturated rings. The molecule has 2 aromatic carbocycles. The Hall–Kier alpha value is -3.74. The van der Waals surface area contributed by atoms with Crippen molar-refractivity contribution in [2.75, 3.05) is 30.4 Å². The number of ether oxygens (including phenoxy) is 1. The lowest BCUT2D eigenvalue weighted by Gasteiger charge is -2.32. The molecule has 1 N–H and O–H groups in total. The lowest BCUT2D eigenvalue weighted by Crippen LogP contribution is -2.38. The molecule has 1 saturated heterocycles. The molecule has 4 rings (SSSR count). The third-order valence-corrected chi connectivity index (χ3v) is 5.85. The first-order valence-electron chi connectivity index (χ1n) is 10.7. The van der Waals surface area contributed by atoms with Gasteiger partial charge >= 0.3 is 5.97 Å². The highest BCUT2D eigenvalue weighted by Crippen LogP contribution is 2.26. The van der Waals surface area contributed by atoms with Crippen molar-refractivity contribution in [3.8, 4) is 11.3 Å². The number of carbonyl (C=O) groups excluding carboxylic acids is 2. The molecule has 1 amide bonds. The smallest absolute Gasteiger partial charge is 0.339 e. The van der Waals surface area contributed by atoms with Crippen molar-refractivity contribution < 1.29 is 14.3 Å². The van der Waals surface area contributed by atoms with E-state index in [-0.39, 0.29) is 11.8 Å². The maximum atomic E-state index is 12.8. The molecule has 7 nitrogen and oxygen atoms in total. The van der Waals surface area contributed by atoms with E-state index < -0.39 is 5.97 Å². The summed E-state index contributed by atoms with van der Waals surface area (Å²) < 4.78 is 4.80. The second kappa shape index (κ2) is 9.60. The Bertz CT molecular complexity index is 1110. The number of piperidine rings is 1. The number of hydrogen-bond acceptors (Lipinski definition) is 6. The van der Waals surface area contributed by atoms with Crippen LogP contribution < -0.4 is 10.2 Å². The fraction of sp³-hybridized carbons (Fsp3) is 0.280. The van der Waals surface area contributed by atoms with Crippen LogP contribution in [0.25, 0.3) is 11.3 Å². The molecule has 0 aliphatic carbocycles. The van der Waals surface area contributed by atoms with Crippen LogP contribution in [0.15, 0.2) is 60.7 Å². The second-order valence-electron chi connectivity index (χ2n) is 7.88. The quantitative estimate of drug-likeness (QED) is 0.614. The molecule has 0 radical (unpaired) electrons. The van der Waals surface area contributed by atoms with Gasteiger partial charge in [-0.2, -0.15) is 0 Å². The zero-order chi connectivity index (χ0) is 22.5. The van der Waals surface area contributed by atoms with Crippen LogP contribution in [-0.2, 0) is 9.53 Å². The molecule has 7 heteroatoms. The predicted molar refractivity (Wildman–Crippen MR) is 124 cm³/mol. The molecule has 32 heavy (non-hydrogen) atoms. The molecular weight excluding hydrogens is 404 g/mol. The van der Waals surface area contributed by atoms with Crippen LogP contribution in [0.4, 0.5) is 11.5 Å². The van der Waals surface area contributed by atoms with Crippen molar-refractivity contribution in [2.45, 2.75) is 19.8 Å². The maximum Gasteiger partial charge on any atom is 0.339 e. The van der Waals surface area contributed by atoms with Gasteiger partial charge in [-0.05, 0) is 49.6 Å². The first kappa shape index (κ1) is 21.5. The van der Waals surface area contributed by atoms with Crippen LogP contribution in [0.5, 0.6) is 0 Å². The number of benzene rings is 2. The van der Waals surface area contributed by atoms with Gasteiger partial charge in [0.2, 0.25) is 5.91 Å². The van der Waals surface area contributed by atoms with Gasteiger partial charge in [-0.15, -0.1) is 10.2 Å². The van der Waals surface area contributed by atoms with E-state index >= 15 is 0 Å². The summed E-state index contributed by atoms with van der Waals surface area (Å²) in [6.07, 6.45) is 1.40. The van der Waals surface area contributed by atoms with Crippen molar-refractivity contribution in [3.63, 3.8) is 0 Å². The van der Waals surface area contributed by atoms with E-state index in [0.717, 1.165) is 35.7 Å².